The van der Waals surface area contributed by atoms with Gasteiger partial charge in [-0.1, -0.05) is 6.92 Å². The number of urea groups is 1. The molecule has 0 saturated carbocycles. The summed E-state index contributed by atoms with van der Waals surface area (Å²) in [6, 6.07) is 1.98. The zero-order chi connectivity index (χ0) is 16.9. The minimum Gasteiger partial charge on any atom is -0.388 e. The number of hydrogen-bond acceptors (Lipinski definition) is 3. The van der Waals surface area contributed by atoms with Crippen LogP contribution in [0.3, 0.4) is 0 Å². The van der Waals surface area contributed by atoms with Gasteiger partial charge in [0.25, 0.3) is 0 Å². The number of aliphatic hydroxyl groups is 1. The van der Waals surface area contributed by atoms with Crippen molar-refractivity contribution in [2.45, 2.75) is 37.8 Å². The lowest BCUT2D eigenvalue weighted by Crippen LogP contribution is -2.49. The zero-order valence-corrected chi connectivity index (χ0v) is 13.1. The van der Waals surface area contributed by atoms with E-state index in [2.05, 4.69) is 10.6 Å². The highest BCUT2D eigenvalue weighted by atomic mass is 19.1. The number of rotatable bonds is 5. The number of halogens is 2. The second-order valence-electron chi connectivity index (χ2n) is 5.79. The van der Waals surface area contributed by atoms with E-state index in [9.17, 15) is 18.7 Å². The van der Waals surface area contributed by atoms with Crippen molar-refractivity contribution in [1.29, 1.82) is 0 Å². The summed E-state index contributed by atoms with van der Waals surface area (Å²) in [4.78, 5) is 12.0. The Morgan fingerprint density at radius 3 is 2.74 bits per heavy atom. The molecule has 0 spiro atoms. The molecule has 1 aliphatic rings. The second kappa shape index (κ2) is 7.70. The number of hydrogen-bond donors (Lipinski definition) is 3. The maximum absolute atomic E-state index is 13.8. The van der Waals surface area contributed by atoms with Gasteiger partial charge in [0.15, 0.2) is 0 Å². The molecule has 2 amide bonds. The van der Waals surface area contributed by atoms with E-state index in [-0.39, 0.29) is 12.1 Å². The highest BCUT2D eigenvalue weighted by molar-refractivity contribution is 5.74. The Morgan fingerprint density at radius 2 is 2.09 bits per heavy atom. The highest BCUT2D eigenvalue weighted by Gasteiger charge is 2.30. The normalized spacial score (nSPS) is 18.3. The first-order valence-electron chi connectivity index (χ1n) is 7.73. The van der Waals surface area contributed by atoms with Crippen molar-refractivity contribution in [1.82, 2.24) is 10.6 Å². The molecule has 0 aliphatic carbocycles. The van der Waals surface area contributed by atoms with Gasteiger partial charge in [0, 0.05) is 38.2 Å². The van der Waals surface area contributed by atoms with Gasteiger partial charge in [-0.2, -0.15) is 0 Å². The van der Waals surface area contributed by atoms with Crippen molar-refractivity contribution in [3.63, 3.8) is 0 Å². The van der Waals surface area contributed by atoms with Gasteiger partial charge in [-0.15, -0.1) is 0 Å². The van der Waals surface area contributed by atoms with Crippen LogP contribution in [0.5, 0.6) is 0 Å². The molecule has 0 radical (unpaired) electrons. The maximum atomic E-state index is 13.8. The Morgan fingerprint density at radius 1 is 1.39 bits per heavy atom. The zero-order valence-electron chi connectivity index (χ0n) is 13.1. The largest absolute Gasteiger partial charge is 0.388 e. The number of ether oxygens (including phenoxy) is 1. The third kappa shape index (κ3) is 4.87. The summed E-state index contributed by atoms with van der Waals surface area (Å²) < 4.78 is 32.3. The molecule has 1 heterocycles. The third-order valence-corrected chi connectivity index (χ3v) is 4.05. The third-order valence-electron chi connectivity index (χ3n) is 4.05. The fourth-order valence-electron chi connectivity index (χ4n) is 2.56. The fraction of sp³-hybridized carbons (Fsp3) is 0.562. The molecule has 1 saturated heterocycles. The van der Waals surface area contributed by atoms with E-state index < -0.39 is 29.3 Å². The van der Waals surface area contributed by atoms with Crippen LogP contribution < -0.4 is 10.6 Å². The van der Waals surface area contributed by atoms with E-state index in [0.29, 0.717) is 32.5 Å². The summed E-state index contributed by atoms with van der Waals surface area (Å²) in [5.41, 5.74) is -0.881. The van der Waals surface area contributed by atoms with Crippen molar-refractivity contribution in [2.75, 3.05) is 19.8 Å². The van der Waals surface area contributed by atoms with Crippen LogP contribution in [-0.4, -0.2) is 36.5 Å². The summed E-state index contributed by atoms with van der Waals surface area (Å²) in [5.74, 6) is -1.12. The van der Waals surface area contributed by atoms with E-state index in [1.807, 2.05) is 0 Å². The Bertz CT molecular complexity index is 548. The standard InChI is InChI=1S/C16H22F2N2O3/c1-2-14(12-9-11(17)3-4-13(12)18)20-15(21)19-10-16(22)5-7-23-8-6-16/h3-4,9,14,22H,2,5-8,10H2,1H3,(H2,19,20,21). The number of amides is 2. The summed E-state index contributed by atoms with van der Waals surface area (Å²) in [5, 5.41) is 15.5. The van der Waals surface area contributed by atoms with Crippen LogP contribution in [0.15, 0.2) is 18.2 Å². The molecule has 1 aromatic rings. The lowest BCUT2D eigenvalue weighted by Gasteiger charge is -2.32. The predicted molar refractivity (Wildman–Crippen MR) is 80.9 cm³/mol. The van der Waals surface area contributed by atoms with Gasteiger partial charge < -0.3 is 20.5 Å². The van der Waals surface area contributed by atoms with Crippen molar-refractivity contribution in [3.8, 4) is 0 Å². The lowest BCUT2D eigenvalue weighted by atomic mass is 9.94. The monoisotopic (exact) mass is 328 g/mol. The Labute approximate surface area is 134 Å². The predicted octanol–water partition coefficient (Wildman–Crippen LogP) is 2.26. The molecule has 1 unspecified atom stereocenters. The van der Waals surface area contributed by atoms with Crippen LogP contribution in [0, 0.1) is 11.6 Å². The molecule has 7 heteroatoms. The average Bonchev–Trinajstić information content (AvgIpc) is 2.54. The molecule has 5 nitrogen and oxygen atoms in total. The highest BCUT2D eigenvalue weighted by Crippen LogP contribution is 2.22. The first-order valence-corrected chi connectivity index (χ1v) is 7.73. The van der Waals surface area contributed by atoms with Crippen LogP contribution in [0.4, 0.5) is 13.6 Å². The van der Waals surface area contributed by atoms with Crippen LogP contribution >= 0.6 is 0 Å². The molecule has 1 atom stereocenters. The van der Waals surface area contributed by atoms with Crippen LogP contribution in [-0.2, 0) is 4.74 Å². The Balaban J connectivity index is 1.93. The van der Waals surface area contributed by atoms with Crippen molar-refractivity contribution < 1.29 is 23.4 Å². The number of benzene rings is 1. The summed E-state index contributed by atoms with van der Waals surface area (Å²) in [6.45, 7) is 2.75. The maximum Gasteiger partial charge on any atom is 0.315 e. The molecular formula is C16H22F2N2O3. The molecule has 3 N–H and O–H groups in total. The molecule has 0 bridgehead atoms. The minimum atomic E-state index is -0.985. The van der Waals surface area contributed by atoms with E-state index in [4.69, 9.17) is 4.74 Å². The van der Waals surface area contributed by atoms with Gasteiger partial charge in [-0.3, -0.25) is 0 Å². The van der Waals surface area contributed by atoms with Crippen LogP contribution in [0.1, 0.15) is 37.8 Å². The Kier molecular flexibility index (Phi) is 5.90. The molecule has 0 aromatic heterocycles. The van der Waals surface area contributed by atoms with Crippen molar-refractivity contribution in [2.24, 2.45) is 0 Å². The van der Waals surface area contributed by atoms with Gasteiger partial charge in [-0.05, 0) is 24.6 Å². The van der Waals surface area contributed by atoms with Crippen LogP contribution in [0.2, 0.25) is 0 Å². The second-order valence-corrected chi connectivity index (χ2v) is 5.79. The SMILES string of the molecule is CCC(NC(=O)NCC1(O)CCOCC1)c1cc(F)ccc1F. The minimum absolute atomic E-state index is 0.0876. The van der Waals surface area contributed by atoms with Crippen LogP contribution in [0.25, 0.3) is 0 Å². The van der Waals surface area contributed by atoms with Gasteiger partial charge >= 0.3 is 6.03 Å². The average molecular weight is 328 g/mol. The summed E-state index contributed by atoms with van der Waals surface area (Å²) >= 11 is 0. The van der Waals surface area contributed by atoms with Crippen molar-refractivity contribution in [3.05, 3.63) is 35.4 Å². The van der Waals surface area contributed by atoms with Gasteiger partial charge in [-0.25, -0.2) is 13.6 Å². The lowest BCUT2D eigenvalue weighted by molar-refractivity contribution is -0.0600. The fourth-order valence-corrected chi connectivity index (χ4v) is 2.56. The number of nitrogens with one attached hydrogen (secondary N) is 2. The van der Waals surface area contributed by atoms with E-state index in [0.717, 1.165) is 18.2 Å². The first kappa shape index (κ1) is 17.6. The van der Waals surface area contributed by atoms with E-state index >= 15 is 0 Å². The van der Waals surface area contributed by atoms with Gasteiger partial charge in [0.2, 0.25) is 0 Å². The molecular weight excluding hydrogens is 306 g/mol. The molecule has 2 rings (SSSR count). The topological polar surface area (TPSA) is 70.6 Å². The smallest absolute Gasteiger partial charge is 0.315 e. The van der Waals surface area contributed by atoms with Crippen molar-refractivity contribution >= 4 is 6.03 Å². The summed E-state index contributed by atoms with van der Waals surface area (Å²) in [7, 11) is 0. The number of carbonyl (C=O) groups excluding carboxylic acids is 1. The quantitative estimate of drug-likeness (QED) is 0.776. The van der Waals surface area contributed by atoms with Gasteiger partial charge in [0.1, 0.15) is 11.6 Å². The number of carbonyl (C=O) groups is 1. The Hall–Kier alpha value is -1.73. The molecule has 1 aromatic carbocycles. The molecule has 1 fully saturated rings. The first-order chi connectivity index (χ1) is 10.9. The van der Waals surface area contributed by atoms with Gasteiger partial charge in [0.05, 0.1) is 11.6 Å². The summed E-state index contributed by atoms with van der Waals surface area (Å²) in [6.07, 6.45) is 1.30. The van der Waals surface area contributed by atoms with E-state index in [1.54, 1.807) is 6.92 Å². The van der Waals surface area contributed by atoms with E-state index in [1.165, 1.54) is 0 Å². The molecule has 23 heavy (non-hydrogen) atoms. The molecule has 128 valence electrons. The molecule has 1 aliphatic heterocycles.